The van der Waals surface area contributed by atoms with Gasteiger partial charge in [-0.1, -0.05) is 60.7 Å². The molecule has 222 valence electrons. The second kappa shape index (κ2) is 17.4. The van der Waals surface area contributed by atoms with Gasteiger partial charge in [0.25, 0.3) is 0 Å². The molecule has 1 saturated heterocycles. The minimum atomic E-state index is -1.28. The monoisotopic (exact) mass is 580 g/mol. The fourth-order valence-electron chi connectivity index (χ4n) is 4.22. The van der Waals surface area contributed by atoms with Crippen molar-refractivity contribution in [2.45, 2.75) is 12.5 Å². The molecule has 0 aromatic heterocycles. The largest absolute Gasteiger partial charge is 0.478 e. The van der Waals surface area contributed by atoms with E-state index in [-0.39, 0.29) is 17.7 Å². The summed E-state index contributed by atoms with van der Waals surface area (Å²) in [4.78, 5) is 27.4. The molecule has 2 N–H and O–H groups in total. The van der Waals surface area contributed by atoms with Crippen LogP contribution in [0.4, 0.5) is 8.78 Å². The lowest BCUT2D eigenvalue weighted by Crippen LogP contribution is -2.45. The van der Waals surface area contributed by atoms with E-state index in [1.807, 2.05) is 6.07 Å². The molecule has 0 aliphatic carbocycles. The zero-order chi connectivity index (χ0) is 30.2. The predicted molar refractivity (Wildman–Crippen MR) is 153 cm³/mol. The highest BCUT2D eigenvalue weighted by atomic mass is 19.1. The molecule has 1 fully saturated rings. The predicted octanol–water partition coefficient (Wildman–Crippen LogP) is 5.09. The Morgan fingerprint density at radius 1 is 0.833 bits per heavy atom. The molecule has 1 aliphatic rings. The fraction of sp³-hybridized carbons (Fsp3) is 0.250. The lowest BCUT2D eigenvalue weighted by molar-refractivity contribution is -0.228. The van der Waals surface area contributed by atoms with Gasteiger partial charge in [0.05, 0.1) is 6.61 Å². The SMILES string of the molecule is Fc1ccc(C(OCCN2CCN(/C=C/Cc3ccccc3)CC2)c2ccc(F)cc2)cc1.O=C(O)/C=C\C(=O)OO. The first-order valence-electron chi connectivity index (χ1n) is 13.4. The number of rotatable bonds is 11. The van der Waals surface area contributed by atoms with Gasteiger partial charge >= 0.3 is 11.9 Å². The van der Waals surface area contributed by atoms with Crippen molar-refractivity contribution in [3.8, 4) is 0 Å². The van der Waals surface area contributed by atoms with Gasteiger partial charge in [0.1, 0.15) is 17.7 Å². The first kappa shape index (κ1) is 32.1. The van der Waals surface area contributed by atoms with Crippen molar-refractivity contribution >= 4 is 11.9 Å². The van der Waals surface area contributed by atoms with Crippen LogP contribution in [0, 0.1) is 11.6 Å². The van der Waals surface area contributed by atoms with Crippen LogP contribution in [0.1, 0.15) is 22.8 Å². The number of hydrogen-bond acceptors (Lipinski definition) is 7. The third-order valence-electron chi connectivity index (χ3n) is 6.41. The van der Waals surface area contributed by atoms with Gasteiger partial charge in [0, 0.05) is 44.9 Å². The number of hydrogen-bond donors (Lipinski definition) is 2. The van der Waals surface area contributed by atoms with Crippen LogP contribution >= 0.6 is 0 Å². The van der Waals surface area contributed by atoms with E-state index in [9.17, 15) is 18.4 Å². The number of nitrogens with zero attached hydrogens (tertiary/aromatic N) is 2. The molecule has 8 nitrogen and oxygen atoms in total. The topological polar surface area (TPSA) is 99.5 Å². The van der Waals surface area contributed by atoms with Crippen molar-refractivity contribution in [2.24, 2.45) is 0 Å². The van der Waals surface area contributed by atoms with Crippen molar-refractivity contribution in [1.82, 2.24) is 9.80 Å². The fourth-order valence-corrected chi connectivity index (χ4v) is 4.22. The van der Waals surface area contributed by atoms with E-state index in [1.165, 1.54) is 29.8 Å². The van der Waals surface area contributed by atoms with Crippen LogP contribution in [0.5, 0.6) is 0 Å². The molecule has 3 aromatic carbocycles. The number of aliphatic carboxylic acids is 1. The maximum Gasteiger partial charge on any atom is 0.365 e. The number of piperazine rings is 1. The molecule has 4 rings (SSSR count). The smallest absolute Gasteiger partial charge is 0.365 e. The Kier molecular flexibility index (Phi) is 13.3. The van der Waals surface area contributed by atoms with E-state index in [0.29, 0.717) is 18.8 Å². The number of carboxylic acids is 1. The van der Waals surface area contributed by atoms with Gasteiger partial charge < -0.3 is 14.7 Å². The molecule has 1 aliphatic heterocycles. The van der Waals surface area contributed by atoms with E-state index >= 15 is 0 Å². The maximum absolute atomic E-state index is 13.4. The summed E-state index contributed by atoms with van der Waals surface area (Å²) in [5.74, 6) is -2.96. The van der Waals surface area contributed by atoms with E-state index in [1.54, 1.807) is 24.3 Å². The number of ether oxygens (including phenoxy) is 1. The third kappa shape index (κ3) is 11.6. The van der Waals surface area contributed by atoms with Crippen LogP contribution in [0.15, 0.2) is 103 Å². The standard InChI is InChI=1S/C28H30F2N2O.C4H4O5/c29-26-12-8-24(9-13-26)28(25-10-14-27(30)15-11-25)33-22-21-32-19-17-31(18-20-32)16-4-7-23-5-2-1-3-6-23;5-3(6)1-2-4(7)9-8/h1-6,8-16,28H,7,17-22H2;1-2,8H,(H,5,6)/b16-4+;2-1-. The average molecular weight is 581 g/mol. The first-order chi connectivity index (χ1) is 20.3. The Morgan fingerprint density at radius 3 is 1.93 bits per heavy atom. The second-order valence-corrected chi connectivity index (χ2v) is 9.39. The summed E-state index contributed by atoms with van der Waals surface area (Å²) in [6.45, 7) is 5.31. The van der Waals surface area contributed by atoms with Crippen LogP contribution in [0.3, 0.4) is 0 Å². The van der Waals surface area contributed by atoms with Gasteiger partial charge in [-0.05, 0) is 53.6 Å². The summed E-state index contributed by atoms with van der Waals surface area (Å²) >= 11 is 0. The molecule has 3 aromatic rings. The minimum absolute atomic E-state index is 0.285. The van der Waals surface area contributed by atoms with E-state index in [0.717, 1.165) is 50.3 Å². The number of carboxylic acid groups (broad SMARTS) is 1. The molecule has 0 amide bonds. The van der Waals surface area contributed by atoms with Crippen LogP contribution < -0.4 is 0 Å². The van der Waals surface area contributed by atoms with E-state index in [4.69, 9.17) is 15.1 Å². The molecule has 42 heavy (non-hydrogen) atoms. The van der Waals surface area contributed by atoms with Gasteiger partial charge in [0.2, 0.25) is 0 Å². The van der Waals surface area contributed by atoms with Crippen LogP contribution in [-0.2, 0) is 25.6 Å². The zero-order valence-corrected chi connectivity index (χ0v) is 23.0. The summed E-state index contributed by atoms with van der Waals surface area (Å²) in [7, 11) is 0. The van der Waals surface area contributed by atoms with Gasteiger partial charge in [-0.15, -0.1) is 0 Å². The first-order valence-corrected chi connectivity index (χ1v) is 13.4. The molecule has 1 heterocycles. The highest BCUT2D eigenvalue weighted by Crippen LogP contribution is 2.26. The molecule has 0 spiro atoms. The van der Waals surface area contributed by atoms with E-state index < -0.39 is 11.9 Å². The van der Waals surface area contributed by atoms with Crippen LogP contribution in [-0.4, -0.2) is 71.4 Å². The highest BCUT2D eigenvalue weighted by molar-refractivity contribution is 5.90. The maximum atomic E-state index is 13.4. The van der Waals surface area contributed by atoms with Crippen molar-refractivity contribution in [2.75, 3.05) is 39.3 Å². The lowest BCUT2D eigenvalue weighted by Gasteiger charge is -2.34. The minimum Gasteiger partial charge on any atom is -0.478 e. The molecule has 0 bridgehead atoms. The van der Waals surface area contributed by atoms with Crippen molar-refractivity contribution in [1.29, 1.82) is 0 Å². The highest BCUT2D eigenvalue weighted by Gasteiger charge is 2.18. The summed E-state index contributed by atoms with van der Waals surface area (Å²) in [6, 6.07) is 23.1. The number of carbonyl (C=O) groups excluding carboxylic acids is 1. The Bertz CT molecular complexity index is 1250. The molecule has 0 saturated carbocycles. The quantitative estimate of drug-likeness (QED) is 0.184. The summed E-state index contributed by atoms with van der Waals surface area (Å²) < 4.78 is 33.0. The van der Waals surface area contributed by atoms with E-state index in [2.05, 4.69) is 51.2 Å². The number of benzene rings is 3. The van der Waals surface area contributed by atoms with Crippen molar-refractivity contribution < 1.29 is 38.4 Å². The number of carbonyl (C=O) groups is 2. The molecular formula is C32H34F2N2O6. The molecule has 10 heteroatoms. The van der Waals surface area contributed by atoms with Crippen molar-refractivity contribution in [3.63, 3.8) is 0 Å². The summed E-state index contributed by atoms with van der Waals surface area (Å²) in [5, 5.41) is 15.4. The van der Waals surface area contributed by atoms with Crippen LogP contribution in [0.25, 0.3) is 0 Å². The Morgan fingerprint density at radius 2 is 1.40 bits per heavy atom. The summed E-state index contributed by atoms with van der Waals surface area (Å²) in [6.07, 6.45) is 6.17. The normalized spacial score (nSPS) is 13.8. The second-order valence-electron chi connectivity index (χ2n) is 9.39. The average Bonchev–Trinajstić information content (AvgIpc) is 3.01. The molecule has 0 atom stereocenters. The zero-order valence-electron chi connectivity index (χ0n) is 23.0. The summed E-state index contributed by atoms with van der Waals surface area (Å²) in [5.41, 5.74) is 3.04. The lowest BCUT2D eigenvalue weighted by atomic mass is 10.0. The Balaban J connectivity index is 0.000000467. The van der Waals surface area contributed by atoms with Gasteiger partial charge in [-0.25, -0.2) is 18.4 Å². The third-order valence-corrected chi connectivity index (χ3v) is 6.41. The van der Waals surface area contributed by atoms with Gasteiger partial charge in [-0.2, -0.15) is 5.26 Å². The van der Waals surface area contributed by atoms with Gasteiger partial charge in [-0.3, -0.25) is 9.79 Å². The molecule has 0 unspecified atom stereocenters. The molecular weight excluding hydrogens is 546 g/mol. The number of allylic oxidation sites excluding steroid dienone is 1. The van der Waals surface area contributed by atoms with Gasteiger partial charge in [0.15, 0.2) is 0 Å². The number of halogens is 2. The molecule has 0 radical (unpaired) electrons. The van der Waals surface area contributed by atoms with Crippen molar-refractivity contribution in [3.05, 3.63) is 132 Å². The van der Waals surface area contributed by atoms with Crippen LogP contribution in [0.2, 0.25) is 0 Å². The Labute approximate surface area is 243 Å². The Hall–Kier alpha value is -4.38.